The van der Waals surface area contributed by atoms with Crippen molar-refractivity contribution in [3.8, 4) is 57.9 Å². The molecule has 14 heteroatoms. The molecule has 0 saturated heterocycles. The molecule has 0 radical (unpaired) electrons. The van der Waals surface area contributed by atoms with E-state index in [0.29, 0.717) is 44.4 Å². The first-order valence-electron chi connectivity index (χ1n) is 15.9. The van der Waals surface area contributed by atoms with Crippen LogP contribution in [0, 0.1) is 36.5 Å². The fourth-order valence-electron chi connectivity index (χ4n) is 5.37. The second-order valence-corrected chi connectivity index (χ2v) is 13.4. The Labute approximate surface area is 304 Å². The summed E-state index contributed by atoms with van der Waals surface area (Å²) in [4.78, 5) is 23.7. The first kappa shape index (κ1) is 36.6. The Balaban J connectivity index is 0.000000198. The molecule has 6 aromatic rings. The summed E-state index contributed by atoms with van der Waals surface area (Å²) in [6.45, 7) is 6.77. The summed E-state index contributed by atoms with van der Waals surface area (Å²) in [5.74, 6) is 5.28. The SMILES string of the molecule is CCCNc1nc(-c2ccc(OC)c(OC)c2)nc2sc(C#N)c(C)c12.COc1ccc(-c2nc(N(C)C)c3c(C)c(C#N)sc3n2)cc1OC. The Kier molecular flexibility index (Phi) is 11.4. The molecule has 51 heavy (non-hydrogen) atoms. The number of hydrogen-bond donors (Lipinski definition) is 1. The van der Waals surface area contributed by atoms with Crippen LogP contribution >= 0.6 is 22.7 Å². The van der Waals surface area contributed by atoms with Crippen LogP contribution in [0.3, 0.4) is 0 Å². The second kappa shape index (κ2) is 15.9. The van der Waals surface area contributed by atoms with Crippen molar-refractivity contribution in [3.63, 3.8) is 0 Å². The maximum atomic E-state index is 9.36. The molecule has 0 unspecified atom stereocenters. The molecule has 4 aromatic heterocycles. The minimum Gasteiger partial charge on any atom is -0.493 e. The minimum absolute atomic E-state index is 0.586. The van der Waals surface area contributed by atoms with Crippen molar-refractivity contribution >= 4 is 54.7 Å². The van der Waals surface area contributed by atoms with Gasteiger partial charge in [0.1, 0.15) is 43.2 Å². The first-order valence-corrected chi connectivity index (χ1v) is 17.5. The van der Waals surface area contributed by atoms with E-state index in [0.717, 1.165) is 67.3 Å². The molecule has 0 bridgehead atoms. The van der Waals surface area contributed by atoms with Gasteiger partial charge in [-0.15, -0.1) is 22.7 Å². The van der Waals surface area contributed by atoms with Crippen LogP contribution in [0.4, 0.5) is 11.6 Å². The molecule has 0 saturated carbocycles. The average Bonchev–Trinajstić information content (AvgIpc) is 3.67. The topological polar surface area (TPSA) is 151 Å². The number of methoxy groups -OCH3 is 4. The van der Waals surface area contributed by atoms with Gasteiger partial charge in [0, 0.05) is 31.8 Å². The van der Waals surface area contributed by atoms with Crippen molar-refractivity contribution in [3.05, 3.63) is 57.3 Å². The summed E-state index contributed by atoms with van der Waals surface area (Å²) in [5.41, 5.74) is 3.50. The number of fused-ring (bicyclic) bond motifs is 2. The number of aromatic nitrogens is 4. The number of benzene rings is 2. The maximum Gasteiger partial charge on any atom is 0.163 e. The predicted molar refractivity (Wildman–Crippen MR) is 204 cm³/mol. The monoisotopic (exact) mass is 722 g/mol. The van der Waals surface area contributed by atoms with E-state index in [1.54, 1.807) is 28.4 Å². The number of nitrogens with one attached hydrogen (secondary N) is 1. The summed E-state index contributed by atoms with van der Waals surface area (Å²) in [5, 5.41) is 23.9. The van der Waals surface area contributed by atoms with Crippen molar-refractivity contribution in [1.82, 2.24) is 19.9 Å². The summed E-state index contributed by atoms with van der Waals surface area (Å²) in [6, 6.07) is 15.7. The number of ether oxygens (including phenoxy) is 4. The van der Waals surface area contributed by atoms with Gasteiger partial charge >= 0.3 is 0 Å². The Bertz CT molecular complexity index is 2300. The third-order valence-electron chi connectivity index (χ3n) is 8.01. The summed E-state index contributed by atoms with van der Waals surface area (Å²) in [7, 11) is 10.3. The molecule has 0 aliphatic rings. The van der Waals surface area contributed by atoms with E-state index in [-0.39, 0.29) is 0 Å². The van der Waals surface area contributed by atoms with Gasteiger partial charge in [-0.1, -0.05) is 6.92 Å². The van der Waals surface area contributed by atoms with Gasteiger partial charge in [-0.3, -0.25) is 0 Å². The average molecular weight is 723 g/mol. The lowest BCUT2D eigenvalue weighted by Crippen LogP contribution is -2.12. The lowest BCUT2D eigenvalue weighted by atomic mass is 10.1. The highest BCUT2D eigenvalue weighted by atomic mass is 32.1. The van der Waals surface area contributed by atoms with Crippen molar-refractivity contribution in [2.75, 3.05) is 59.3 Å². The Morgan fingerprint density at radius 1 is 0.686 bits per heavy atom. The van der Waals surface area contributed by atoms with Crippen LogP contribution in [-0.2, 0) is 0 Å². The molecule has 262 valence electrons. The van der Waals surface area contributed by atoms with Gasteiger partial charge in [-0.05, 0) is 67.8 Å². The molecular formula is C37H38N8O4S2. The standard InChI is InChI=1S/C19H20N4O2S.C18H18N4O2S/c1-5-8-21-18-16-11(2)15(10-20)26-19(16)23-17(22-18)12-6-7-13(24-3)14(9-12)25-4;1-10-14(9-19)25-18-15(10)17(22(2)3)20-16(21-18)11-6-7-12(23-4)13(8-11)24-5/h6-7,9H,5,8H2,1-4H3,(H,21,22,23);6-8H,1-5H3. The first-order chi connectivity index (χ1) is 24.6. The Morgan fingerprint density at radius 3 is 1.61 bits per heavy atom. The van der Waals surface area contributed by atoms with E-state index < -0.39 is 0 Å². The van der Waals surface area contributed by atoms with Crippen molar-refractivity contribution in [2.45, 2.75) is 27.2 Å². The number of rotatable bonds is 10. The van der Waals surface area contributed by atoms with E-state index in [9.17, 15) is 10.5 Å². The normalized spacial score (nSPS) is 10.6. The highest BCUT2D eigenvalue weighted by molar-refractivity contribution is 7.19. The third kappa shape index (κ3) is 7.29. The molecule has 2 aromatic carbocycles. The highest BCUT2D eigenvalue weighted by Crippen LogP contribution is 2.39. The van der Waals surface area contributed by atoms with Crippen LogP contribution in [0.15, 0.2) is 36.4 Å². The minimum atomic E-state index is 0.586. The van der Waals surface area contributed by atoms with Crippen LogP contribution in [0.5, 0.6) is 23.0 Å². The number of nitrogens with zero attached hydrogens (tertiary/aromatic N) is 7. The summed E-state index contributed by atoms with van der Waals surface area (Å²) in [6.07, 6.45) is 0.978. The number of thiophene rings is 2. The molecule has 0 aliphatic carbocycles. The van der Waals surface area contributed by atoms with E-state index >= 15 is 0 Å². The van der Waals surface area contributed by atoms with E-state index in [1.807, 2.05) is 69.2 Å². The van der Waals surface area contributed by atoms with E-state index in [2.05, 4.69) is 29.4 Å². The number of anilines is 2. The molecule has 0 spiro atoms. The smallest absolute Gasteiger partial charge is 0.163 e. The predicted octanol–water partition coefficient (Wildman–Crippen LogP) is 8.00. The third-order valence-corrected chi connectivity index (χ3v) is 10.2. The zero-order valence-corrected chi connectivity index (χ0v) is 31.6. The molecule has 0 aliphatic heterocycles. The molecular weight excluding hydrogens is 685 g/mol. The van der Waals surface area contributed by atoms with Gasteiger partial charge in [0.2, 0.25) is 0 Å². The van der Waals surface area contributed by atoms with Crippen LogP contribution in [0.25, 0.3) is 43.2 Å². The Morgan fingerprint density at radius 2 is 1.16 bits per heavy atom. The van der Waals surface area contributed by atoms with Gasteiger partial charge in [-0.25, -0.2) is 19.9 Å². The van der Waals surface area contributed by atoms with E-state index in [1.165, 1.54) is 22.7 Å². The van der Waals surface area contributed by atoms with Crippen LogP contribution in [0.2, 0.25) is 0 Å². The quantitative estimate of drug-likeness (QED) is 0.146. The second-order valence-electron chi connectivity index (χ2n) is 11.4. The fraction of sp³-hybridized carbons (Fsp3) is 0.297. The van der Waals surface area contributed by atoms with Gasteiger partial charge in [0.25, 0.3) is 0 Å². The van der Waals surface area contributed by atoms with Gasteiger partial charge < -0.3 is 29.2 Å². The van der Waals surface area contributed by atoms with Crippen molar-refractivity contribution in [1.29, 1.82) is 10.5 Å². The fourth-order valence-corrected chi connectivity index (χ4v) is 7.32. The zero-order valence-electron chi connectivity index (χ0n) is 30.0. The molecule has 1 N–H and O–H groups in total. The van der Waals surface area contributed by atoms with Crippen LogP contribution in [0.1, 0.15) is 34.2 Å². The lowest BCUT2D eigenvalue weighted by molar-refractivity contribution is 0.355. The van der Waals surface area contributed by atoms with Crippen molar-refractivity contribution < 1.29 is 18.9 Å². The zero-order chi connectivity index (χ0) is 36.8. The molecule has 12 nitrogen and oxygen atoms in total. The number of aryl methyl sites for hydroxylation is 2. The Hall–Kier alpha value is -5.70. The van der Waals surface area contributed by atoms with E-state index in [4.69, 9.17) is 33.9 Å². The maximum absolute atomic E-state index is 9.36. The number of nitriles is 2. The molecule has 0 atom stereocenters. The molecule has 0 fully saturated rings. The van der Waals surface area contributed by atoms with Gasteiger partial charge in [0.15, 0.2) is 34.6 Å². The molecule has 6 rings (SSSR count). The van der Waals surface area contributed by atoms with Gasteiger partial charge in [0.05, 0.1) is 39.2 Å². The van der Waals surface area contributed by atoms with Gasteiger partial charge in [-0.2, -0.15) is 10.5 Å². The van der Waals surface area contributed by atoms with Crippen molar-refractivity contribution in [2.24, 2.45) is 0 Å². The lowest BCUT2D eigenvalue weighted by Gasteiger charge is -2.15. The largest absolute Gasteiger partial charge is 0.493 e. The number of hydrogen-bond acceptors (Lipinski definition) is 14. The van der Waals surface area contributed by atoms with Crippen LogP contribution in [-0.4, -0.2) is 69.0 Å². The molecule has 0 amide bonds. The molecule has 4 heterocycles. The summed E-state index contributed by atoms with van der Waals surface area (Å²) < 4.78 is 21.3. The summed E-state index contributed by atoms with van der Waals surface area (Å²) >= 11 is 2.78. The highest BCUT2D eigenvalue weighted by Gasteiger charge is 2.20. The van der Waals surface area contributed by atoms with Crippen LogP contribution < -0.4 is 29.2 Å².